The molecule has 25 heavy (non-hydrogen) atoms. The third kappa shape index (κ3) is 4.54. The van der Waals surface area contributed by atoms with Crippen LogP contribution in [-0.2, 0) is 11.3 Å². The molecule has 6 nitrogen and oxygen atoms in total. The van der Waals surface area contributed by atoms with E-state index in [1.165, 1.54) is 24.3 Å². The zero-order chi connectivity index (χ0) is 17.6. The van der Waals surface area contributed by atoms with Crippen LogP contribution >= 0.6 is 11.6 Å². The highest BCUT2D eigenvalue weighted by molar-refractivity contribution is 6.33. The normalized spacial score (nSPS) is 10.5. The molecule has 0 saturated carbocycles. The molecule has 1 amide bonds. The first-order valence-electron chi connectivity index (χ1n) is 7.34. The number of rotatable bonds is 6. The minimum atomic E-state index is -0.373. The summed E-state index contributed by atoms with van der Waals surface area (Å²) in [5, 5.41) is 6.94. The molecule has 1 heterocycles. The van der Waals surface area contributed by atoms with Crippen molar-refractivity contribution in [3.63, 3.8) is 0 Å². The number of carbonyl (C=O) groups is 1. The van der Waals surface area contributed by atoms with Crippen LogP contribution in [0.25, 0.3) is 11.4 Å². The molecule has 128 valence electrons. The van der Waals surface area contributed by atoms with Crippen molar-refractivity contribution in [2.75, 3.05) is 6.61 Å². The zero-order valence-electron chi connectivity index (χ0n) is 12.9. The van der Waals surface area contributed by atoms with E-state index in [2.05, 4.69) is 15.5 Å². The molecule has 0 fully saturated rings. The Labute approximate surface area is 147 Å². The van der Waals surface area contributed by atoms with Crippen LogP contribution < -0.4 is 10.1 Å². The maximum atomic E-state index is 12.8. The monoisotopic (exact) mass is 361 g/mol. The molecule has 0 spiro atoms. The highest BCUT2D eigenvalue weighted by Crippen LogP contribution is 2.24. The van der Waals surface area contributed by atoms with Crippen molar-refractivity contribution in [1.82, 2.24) is 15.5 Å². The number of nitrogens with one attached hydrogen (secondary N) is 1. The minimum Gasteiger partial charge on any atom is -0.484 e. The number of ether oxygens (including phenoxy) is 1. The third-order valence-corrected chi connectivity index (χ3v) is 3.53. The van der Waals surface area contributed by atoms with Gasteiger partial charge in [-0.15, -0.1) is 0 Å². The first-order valence-corrected chi connectivity index (χ1v) is 7.72. The Kier molecular flexibility index (Phi) is 5.25. The molecule has 1 aromatic heterocycles. The average Bonchev–Trinajstić information content (AvgIpc) is 3.08. The summed E-state index contributed by atoms with van der Waals surface area (Å²) < 4.78 is 23.1. The lowest BCUT2D eigenvalue weighted by atomic mass is 10.2. The van der Waals surface area contributed by atoms with Crippen LogP contribution in [-0.4, -0.2) is 22.7 Å². The van der Waals surface area contributed by atoms with Gasteiger partial charge in [0, 0.05) is 5.56 Å². The largest absolute Gasteiger partial charge is 0.484 e. The summed E-state index contributed by atoms with van der Waals surface area (Å²) in [6.45, 7) is -0.153. The van der Waals surface area contributed by atoms with Crippen molar-refractivity contribution in [1.29, 1.82) is 0 Å². The van der Waals surface area contributed by atoms with Crippen molar-refractivity contribution in [3.05, 3.63) is 65.3 Å². The molecule has 0 aliphatic rings. The SMILES string of the molecule is O=C(COc1ccc(F)cc1)NCc1nc(-c2ccccc2Cl)no1. The van der Waals surface area contributed by atoms with Crippen LogP contribution in [0.1, 0.15) is 5.89 Å². The molecule has 0 aliphatic carbocycles. The molecule has 2 aromatic carbocycles. The Bertz CT molecular complexity index is 868. The number of halogens is 2. The van der Waals surface area contributed by atoms with E-state index in [9.17, 15) is 9.18 Å². The van der Waals surface area contributed by atoms with Crippen LogP contribution in [0.15, 0.2) is 53.1 Å². The van der Waals surface area contributed by atoms with Gasteiger partial charge in [0.1, 0.15) is 11.6 Å². The van der Waals surface area contributed by atoms with E-state index in [1.54, 1.807) is 18.2 Å². The van der Waals surface area contributed by atoms with E-state index in [4.69, 9.17) is 20.9 Å². The van der Waals surface area contributed by atoms with Crippen LogP contribution in [0.5, 0.6) is 5.75 Å². The molecule has 0 aliphatic heterocycles. The van der Waals surface area contributed by atoms with Gasteiger partial charge in [0.15, 0.2) is 6.61 Å². The Morgan fingerprint density at radius 3 is 2.72 bits per heavy atom. The van der Waals surface area contributed by atoms with Crippen molar-refractivity contribution >= 4 is 17.5 Å². The molecule has 0 bridgehead atoms. The first kappa shape index (κ1) is 16.9. The van der Waals surface area contributed by atoms with Gasteiger partial charge >= 0.3 is 0 Å². The van der Waals surface area contributed by atoms with Crippen molar-refractivity contribution in [2.45, 2.75) is 6.54 Å². The van der Waals surface area contributed by atoms with Gasteiger partial charge in [-0.1, -0.05) is 28.9 Å². The quantitative estimate of drug-likeness (QED) is 0.729. The molecule has 0 radical (unpaired) electrons. The van der Waals surface area contributed by atoms with Crippen LogP contribution in [0.4, 0.5) is 4.39 Å². The van der Waals surface area contributed by atoms with Gasteiger partial charge in [-0.25, -0.2) is 4.39 Å². The van der Waals surface area contributed by atoms with Gasteiger partial charge in [0.05, 0.1) is 11.6 Å². The highest BCUT2D eigenvalue weighted by atomic mass is 35.5. The molecule has 3 aromatic rings. The van der Waals surface area contributed by atoms with Crippen molar-refractivity contribution in [3.8, 4) is 17.1 Å². The summed E-state index contributed by atoms with van der Waals surface area (Å²) in [5.74, 6) is 0.238. The summed E-state index contributed by atoms with van der Waals surface area (Å²) in [7, 11) is 0. The van der Waals surface area contributed by atoms with Crippen LogP contribution in [0.2, 0.25) is 5.02 Å². The van der Waals surface area contributed by atoms with Gasteiger partial charge < -0.3 is 14.6 Å². The van der Waals surface area contributed by atoms with Crippen molar-refractivity contribution < 1.29 is 18.4 Å². The summed E-state index contributed by atoms with van der Waals surface area (Å²) in [5.41, 5.74) is 0.644. The topological polar surface area (TPSA) is 77.2 Å². The van der Waals surface area contributed by atoms with E-state index in [0.717, 1.165) is 0 Å². The van der Waals surface area contributed by atoms with Gasteiger partial charge in [0.2, 0.25) is 11.7 Å². The predicted octanol–water partition coefficient (Wildman–Crippen LogP) is 3.22. The van der Waals surface area contributed by atoms with Gasteiger partial charge in [-0.3, -0.25) is 4.79 Å². The van der Waals surface area contributed by atoms with Gasteiger partial charge in [0.25, 0.3) is 5.91 Å². The number of hydrogen-bond donors (Lipinski definition) is 1. The molecule has 3 rings (SSSR count). The zero-order valence-corrected chi connectivity index (χ0v) is 13.7. The molecule has 8 heteroatoms. The lowest BCUT2D eigenvalue weighted by Crippen LogP contribution is -2.28. The second-order valence-corrected chi connectivity index (χ2v) is 5.42. The first-order chi connectivity index (χ1) is 12.1. The van der Waals surface area contributed by atoms with E-state index in [-0.39, 0.29) is 30.8 Å². The third-order valence-electron chi connectivity index (χ3n) is 3.20. The summed E-state index contributed by atoms with van der Waals surface area (Å²) in [4.78, 5) is 15.9. The minimum absolute atomic E-state index is 0.0586. The van der Waals surface area contributed by atoms with Gasteiger partial charge in [-0.05, 0) is 36.4 Å². The molecule has 0 atom stereocenters. The molecule has 1 N–H and O–H groups in total. The van der Waals surface area contributed by atoms with Crippen LogP contribution in [0.3, 0.4) is 0 Å². The maximum absolute atomic E-state index is 12.8. The molecular weight excluding hydrogens is 349 g/mol. The molecular formula is C17H13ClFN3O3. The van der Waals surface area contributed by atoms with E-state index >= 15 is 0 Å². The van der Waals surface area contributed by atoms with Gasteiger partial charge in [-0.2, -0.15) is 4.98 Å². The standard InChI is InChI=1S/C17H13ClFN3O3/c18-14-4-2-1-3-13(14)17-21-16(25-22-17)9-20-15(23)10-24-12-7-5-11(19)6-8-12/h1-8H,9-10H2,(H,20,23). The second kappa shape index (κ2) is 7.76. The Balaban J connectivity index is 1.51. The summed E-state index contributed by atoms with van der Waals surface area (Å²) in [6.07, 6.45) is 0. The lowest BCUT2D eigenvalue weighted by Gasteiger charge is -2.05. The Morgan fingerprint density at radius 2 is 1.96 bits per heavy atom. The highest BCUT2D eigenvalue weighted by Gasteiger charge is 2.12. The second-order valence-electron chi connectivity index (χ2n) is 5.01. The number of carbonyl (C=O) groups excluding carboxylic acids is 1. The number of aromatic nitrogens is 2. The number of hydrogen-bond acceptors (Lipinski definition) is 5. The molecule has 0 unspecified atom stereocenters. The molecule has 0 saturated heterocycles. The fraction of sp³-hybridized carbons (Fsp3) is 0.118. The van der Waals surface area contributed by atoms with E-state index < -0.39 is 0 Å². The smallest absolute Gasteiger partial charge is 0.258 e. The van der Waals surface area contributed by atoms with E-state index in [1.807, 2.05) is 6.07 Å². The maximum Gasteiger partial charge on any atom is 0.258 e. The average molecular weight is 362 g/mol. The Hall–Kier alpha value is -2.93. The number of nitrogens with zero attached hydrogens (tertiary/aromatic N) is 2. The Morgan fingerprint density at radius 1 is 1.20 bits per heavy atom. The number of benzene rings is 2. The van der Waals surface area contributed by atoms with E-state index in [0.29, 0.717) is 22.2 Å². The fourth-order valence-electron chi connectivity index (χ4n) is 1.98. The fourth-order valence-corrected chi connectivity index (χ4v) is 2.20. The predicted molar refractivity (Wildman–Crippen MR) is 88.5 cm³/mol. The van der Waals surface area contributed by atoms with Crippen molar-refractivity contribution in [2.24, 2.45) is 0 Å². The number of amides is 1. The summed E-state index contributed by atoms with van der Waals surface area (Å²) >= 11 is 6.07. The van der Waals surface area contributed by atoms with Crippen LogP contribution in [0, 0.1) is 5.82 Å². The summed E-state index contributed by atoms with van der Waals surface area (Å²) in [6, 6.07) is 12.5. The lowest BCUT2D eigenvalue weighted by molar-refractivity contribution is -0.123.